The molecule has 0 spiro atoms. The lowest BCUT2D eigenvalue weighted by molar-refractivity contribution is 0.166. The van der Waals surface area contributed by atoms with E-state index in [1.54, 1.807) is 35.2 Å². The van der Waals surface area contributed by atoms with E-state index in [1.807, 2.05) is 13.0 Å². The summed E-state index contributed by atoms with van der Waals surface area (Å²) >= 11 is 5.81. The van der Waals surface area contributed by atoms with Crippen LogP contribution in [-0.4, -0.2) is 62.7 Å². The van der Waals surface area contributed by atoms with Gasteiger partial charge in [0.25, 0.3) is 0 Å². The first-order chi connectivity index (χ1) is 17.7. The quantitative estimate of drug-likeness (QED) is 0.334. The first-order valence-electron chi connectivity index (χ1n) is 11.1. The van der Waals surface area contributed by atoms with Crippen molar-refractivity contribution in [2.75, 3.05) is 14.2 Å². The molecule has 0 amide bonds. The Morgan fingerprint density at radius 2 is 1.70 bits per heavy atom. The minimum Gasteiger partial charge on any atom is -0.494 e. The molecule has 2 atom stereocenters. The number of halogens is 1. The van der Waals surface area contributed by atoms with Gasteiger partial charge in [0.15, 0.2) is 27.3 Å². The Morgan fingerprint density at radius 3 is 2.30 bits per heavy atom. The van der Waals surface area contributed by atoms with Crippen LogP contribution in [0.25, 0.3) is 17.1 Å². The molecule has 194 valence electrons. The van der Waals surface area contributed by atoms with Crippen molar-refractivity contribution in [3.63, 3.8) is 0 Å². The molecule has 0 unspecified atom stereocenters. The van der Waals surface area contributed by atoms with Gasteiger partial charge in [0.05, 0.1) is 24.5 Å². The van der Waals surface area contributed by atoms with Crippen molar-refractivity contribution >= 4 is 21.4 Å². The molecular formula is C24H25ClN6O5S. The van der Waals surface area contributed by atoms with E-state index in [2.05, 4.69) is 25.1 Å². The van der Waals surface area contributed by atoms with Crippen LogP contribution in [0.2, 0.25) is 5.02 Å². The van der Waals surface area contributed by atoms with Crippen LogP contribution in [0.4, 0.5) is 0 Å². The van der Waals surface area contributed by atoms with Crippen LogP contribution in [0.15, 0.2) is 49.1 Å². The third-order valence-electron chi connectivity index (χ3n) is 5.73. The number of sulfone groups is 1. The number of para-hydroxylation sites is 1. The van der Waals surface area contributed by atoms with Crippen LogP contribution in [0, 0.1) is 6.92 Å². The summed E-state index contributed by atoms with van der Waals surface area (Å²) in [6.45, 7) is 3.27. The highest BCUT2D eigenvalue weighted by atomic mass is 35.5. The number of nitrogens with zero attached hydrogens (tertiary/aromatic N) is 6. The van der Waals surface area contributed by atoms with E-state index in [4.69, 9.17) is 21.1 Å². The second-order valence-electron chi connectivity index (χ2n) is 8.25. The third-order valence-corrected chi connectivity index (χ3v) is 7.98. The average molecular weight is 545 g/mol. The maximum absolute atomic E-state index is 13.5. The van der Waals surface area contributed by atoms with Gasteiger partial charge in [0.2, 0.25) is 0 Å². The third kappa shape index (κ3) is 5.41. The molecule has 0 saturated carbocycles. The summed E-state index contributed by atoms with van der Waals surface area (Å²) < 4.78 is 39.7. The maximum Gasteiger partial charge on any atom is 0.170 e. The first-order valence-corrected chi connectivity index (χ1v) is 13.2. The van der Waals surface area contributed by atoms with Crippen LogP contribution in [0.5, 0.6) is 11.5 Å². The summed E-state index contributed by atoms with van der Waals surface area (Å²) in [5.74, 6) is 0.671. The smallest absolute Gasteiger partial charge is 0.170 e. The predicted molar refractivity (Wildman–Crippen MR) is 137 cm³/mol. The Balaban J connectivity index is 1.83. The van der Waals surface area contributed by atoms with Crippen molar-refractivity contribution in [1.29, 1.82) is 0 Å². The molecule has 4 aromatic rings. The molecule has 0 radical (unpaired) electrons. The molecule has 1 aromatic carbocycles. The van der Waals surface area contributed by atoms with Gasteiger partial charge in [0.1, 0.15) is 29.0 Å². The number of pyridine rings is 1. The summed E-state index contributed by atoms with van der Waals surface area (Å²) in [5, 5.41) is 18.3. The number of methoxy groups -OCH3 is 2. The number of hydrogen-bond donors (Lipinski definition) is 1. The van der Waals surface area contributed by atoms with Gasteiger partial charge in [-0.3, -0.25) is 9.55 Å². The Bertz CT molecular complexity index is 1490. The van der Waals surface area contributed by atoms with E-state index in [-0.39, 0.29) is 16.7 Å². The van der Waals surface area contributed by atoms with Crippen molar-refractivity contribution < 1.29 is 23.0 Å². The Labute approximate surface area is 219 Å². The molecule has 37 heavy (non-hydrogen) atoms. The lowest BCUT2D eigenvalue weighted by Crippen LogP contribution is -2.29. The van der Waals surface area contributed by atoms with Crippen LogP contribution >= 0.6 is 11.6 Å². The van der Waals surface area contributed by atoms with Crippen molar-refractivity contribution in [2.24, 2.45) is 0 Å². The second kappa shape index (κ2) is 10.8. The lowest BCUT2D eigenvalue weighted by atomic mass is 10.2. The number of hydrogen-bond acceptors (Lipinski definition) is 10. The molecule has 1 N–H and O–H groups in total. The Kier molecular flexibility index (Phi) is 7.71. The molecule has 0 aliphatic rings. The fourth-order valence-electron chi connectivity index (χ4n) is 3.75. The summed E-state index contributed by atoms with van der Waals surface area (Å²) in [6.07, 6.45) is 4.40. The summed E-state index contributed by atoms with van der Waals surface area (Å²) in [5.41, 5.74) is 1.92. The number of benzene rings is 1. The van der Waals surface area contributed by atoms with Crippen LogP contribution in [0.3, 0.4) is 0 Å². The van der Waals surface area contributed by atoms with E-state index in [9.17, 15) is 13.5 Å². The molecule has 0 aliphatic carbocycles. The number of aromatic nitrogens is 6. The monoisotopic (exact) mass is 544 g/mol. The fraction of sp³-hybridized carbons (Fsp3) is 0.292. The predicted octanol–water partition coefficient (Wildman–Crippen LogP) is 3.14. The number of aliphatic hydroxyl groups excluding tert-OH is 1. The molecule has 0 bridgehead atoms. The van der Waals surface area contributed by atoms with Crippen LogP contribution < -0.4 is 9.47 Å². The molecule has 11 nitrogen and oxygen atoms in total. The minimum atomic E-state index is -4.00. The summed E-state index contributed by atoms with van der Waals surface area (Å²) in [6, 6.07) is 7.05. The van der Waals surface area contributed by atoms with E-state index in [1.165, 1.54) is 33.5 Å². The fourth-order valence-corrected chi connectivity index (χ4v) is 5.18. The highest BCUT2D eigenvalue weighted by molar-refractivity contribution is 7.91. The highest BCUT2D eigenvalue weighted by Crippen LogP contribution is 2.37. The number of aliphatic hydroxyl groups is 1. The summed E-state index contributed by atoms with van der Waals surface area (Å²) in [7, 11) is -1.01. The molecular weight excluding hydrogens is 520 g/mol. The standard InChI is InChI=1S/C24H25ClN6O5S/c1-14-8-16(10-26-9-14)24-30-29-20(31(24)21-18(35-3)6-5-7-19(21)36-4)13-37(33,34)15(2)22(32)23-27-11-17(25)12-28-23/h5-12,15,22,32H,13H2,1-4H3/t15-,22-/m0/s1. The van der Waals surface area contributed by atoms with Gasteiger partial charge in [-0.2, -0.15) is 0 Å². The van der Waals surface area contributed by atoms with E-state index in [0.717, 1.165) is 5.56 Å². The zero-order valence-corrected chi connectivity index (χ0v) is 22.1. The van der Waals surface area contributed by atoms with E-state index in [0.29, 0.717) is 28.6 Å². The van der Waals surface area contributed by atoms with Crippen molar-refractivity contribution in [2.45, 2.75) is 31.0 Å². The Morgan fingerprint density at radius 1 is 1.05 bits per heavy atom. The van der Waals surface area contributed by atoms with Crippen molar-refractivity contribution in [3.8, 4) is 28.6 Å². The van der Waals surface area contributed by atoms with Gasteiger partial charge in [0, 0.05) is 30.4 Å². The molecule has 0 aliphatic heterocycles. The average Bonchev–Trinajstić information content (AvgIpc) is 3.29. The van der Waals surface area contributed by atoms with E-state index >= 15 is 0 Å². The van der Waals surface area contributed by atoms with Gasteiger partial charge in [-0.25, -0.2) is 18.4 Å². The zero-order valence-electron chi connectivity index (χ0n) is 20.5. The molecule has 0 fully saturated rings. The van der Waals surface area contributed by atoms with Gasteiger partial charge in [-0.1, -0.05) is 17.7 Å². The lowest BCUT2D eigenvalue weighted by Gasteiger charge is -2.20. The first kappa shape index (κ1) is 26.5. The molecule has 3 heterocycles. The minimum absolute atomic E-state index is 0.0557. The largest absolute Gasteiger partial charge is 0.494 e. The SMILES string of the molecule is COc1cccc(OC)c1-n1c(CS(=O)(=O)[C@@H](C)[C@H](O)c2ncc(Cl)cn2)nnc1-c1cncc(C)c1. The number of aryl methyl sites for hydroxylation is 1. The second-order valence-corrected chi connectivity index (χ2v) is 11.0. The topological polar surface area (TPSA) is 142 Å². The molecule has 4 rings (SSSR count). The molecule has 3 aromatic heterocycles. The van der Waals surface area contributed by atoms with Gasteiger partial charge in [-0.05, 0) is 37.6 Å². The van der Waals surface area contributed by atoms with Crippen molar-refractivity contribution in [1.82, 2.24) is 29.7 Å². The van der Waals surface area contributed by atoms with E-state index < -0.39 is 26.9 Å². The number of rotatable bonds is 9. The maximum atomic E-state index is 13.5. The zero-order chi connectivity index (χ0) is 26.7. The number of ether oxygens (including phenoxy) is 2. The van der Waals surface area contributed by atoms with Gasteiger partial charge < -0.3 is 14.6 Å². The van der Waals surface area contributed by atoms with Crippen LogP contribution in [0.1, 0.15) is 30.2 Å². The van der Waals surface area contributed by atoms with Gasteiger partial charge >= 0.3 is 0 Å². The van der Waals surface area contributed by atoms with Crippen molar-refractivity contribution in [3.05, 3.63) is 71.3 Å². The highest BCUT2D eigenvalue weighted by Gasteiger charge is 2.34. The normalized spacial score (nSPS) is 13.2. The Hall–Kier alpha value is -3.61. The van der Waals surface area contributed by atoms with Crippen LogP contribution in [-0.2, 0) is 15.6 Å². The van der Waals surface area contributed by atoms with Gasteiger partial charge in [-0.15, -0.1) is 10.2 Å². The molecule has 0 saturated heterocycles. The molecule has 13 heteroatoms. The summed E-state index contributed by atoms with van der Waals surface area (Å²) in [4.78, 5) is 12.1.